The summed E-state index contributed by atoms with van der Waals surface area (Å²) in [4.78, 5) is 16.3. The first-order valence-electron chi connectivity index (χ1n) is 6.77. The van der Waals surface area contributed by atoms with E-state index in [2.05, 4.69) is 19.1 Å². The number of amides is 1. The van der Waals surface area contributed by atoms with E-state index in [0.29, 0.717) is 11.4 Å². The van der Waals surface area contributed by atoms with Crippen LogP contribution in [0.5, 0.6) is 5.75 Å². The van der Waals surface area contributed by atoms with Crippen LogP contribution in [0.3, 0.4) is 0 Å². The van der Waals surface area contributed by atoms with Gasteiger partial charge in [-0.05, 0) is 38.1 Å². The predicted molar refractivity (Wildman–Crippen MR) is 86.6 cm³/mol. The summed E-state index contributed by atoms with van der Waals surface area (Å²) in [5.41, 5.74) is 6.30. The summed E-state index contributed by atoms with van der Waals surface area (Å²) in [6.07, 6.45) is 0. The van der Waals surface area contributed by atoms with E-state index in [1.807, 2.05) is 6.92 Å². The van der Waals surface area contributed by atoms with Crippen molar-refractivity contribution in [3.8, 4) is 5.75 Å². The van der Waals surface area contributed by atoms with Gasteiger partial charge < -0.3 is 15.4 Å². The molecule has 0 fully saturated rings. The molecule has 0 radical (unpaired) electrons. The van der Waals surface area contributed by atoms with E-state index in [-0.39, 0.29) is 18.6 Å². The maximum Gasteiger partial charge on any atom is 0.260 e. The Hall–Kier alpha value is -2.01. The molecule has 4 nitrogen and oxygen atoms in total. The summed E-state index contributed by atoms with van der Waals surface area (Å²) >= 11 is 1.71. The molecule has 0 aliphatic carbocycles. The molecule has 1 unspecified atom stereocenters. The number of aryl methyl sites for hydroxylation is 1. The van der Waals surface area contributed by atoms with Crippen molar-refractivity contribution in [1.29, 1.82) is 0 Å². The number of rotatable bonds is 5. The Morgan fingerprint density at radius 2 is 2.14 bits per heavy atom. The molecule has 1 amide bonds. The van der Waals surface area contributed by atoms with Gasteiger partial charge >= 0.3 is 0 Å². The van der Waals surface area contributed by atoms with Gasteiger partial charge in [-0.2, -0.15) is 0 Å². The van der Waals surface area contributed by atoms with Crippen LogP contribution in [0.2, 0.25) is 0 Å². The van der Waals surface area contributed by atoms with Crippen LogP contribution in [-0.4, -0.2) is 24.5 Å². The second-order valence-corrected chi connectivity index (χ2v) is 6.31. The van der Waals surface area contributed by atoms with Gasteiger partial charge in [-0.3, -0.25) is 4.79 Å². The van der Waals surface area contributed by atoms with E-state index in [9.17, 15) is 4.79 Å². The fourth-order valence-electron chi connectivity index (χ4n) is 1.94. The second-order valence-electron chi connectivity index (χ2n) is 4.99. The number of nitrogens with two attached hydrogens (primary N) is 1. The number of benzene rings is 1. The summed E-state index contributed by atoms with van der Waals surface area (Å²) in [5, 5.41) is 0. The number of carbonyl (C=O) groups excluding carboxylic acids is 1. The average molecular weight is 304 g/mol. The minimum absolute atomic E-state index is 0.00858. The third-order valence-corrected chi connectivity index (χ3v) is 4.54. The Morgan fingerprint density at radius 3 is 2.76 bits per heavy atom. The van der Waals surface area contributed by atoms with Crippen LogP contribution in [0, 0.1) is 6.92 Å². The molecule has 2 rings (SSSR count). The molecule has 1 atom stereocenters. The van der Waals surface area contributed by atoms with Crippen LogP contribution in [0.4, 0.5) is 5.69 Å². The van der Waals surface area contributed by atoms with Gasteiger partial charge in [-0.1, -0.05) is 6.07 Å². The Morgan fingerprint density at radius 1 is 1.38 bits per heavy atom. The minimum Gasteiger partial charge on any atom is -0.484 e. The molecule has 112 valence electrons. The van der Waals surface area contributed by atoms with Crippen LogP contribution >= 0.6 is 11.3 Å². The summed E-state index contributed by atoms with van der Waals surface area (Å²) in [6.45, 7) is 4.09. The molecule has 0 aliphatic heterocycles. The zero-order valence-electron chi connectivity index (χ0n) is 12.5. The average Bonchev–Trinajstić information content (AvgIpc) is 2.90. The molecular formula is C16H20N2O2S. The molecule has 0 saturated heterocycles. The molecule has 21 heavy (non-hydrogen) atoms. The summed E-state index contributed by atoms with van der Waals surface area (Å²) < 4.78 is 5.49. The SMILES string of the molecule is Cc1ccc(C(C)N(C)C(=O)COc2cccc(N)c2)s1. The second kappa shape index (κ2) is 6.63. The standard InChI is InChI=1S/C16H20N2O2S/c1-11-7-8-15(21-11)12(2)18(3)16(19)10-20-14-6-4-5-13(17)9-14/h4-9,12H,10,17H2,1-3H3. The first kappa shape index (κ1) is 15.4. The fourth-order valence-corrected chi connectivity index (χ4v) is 2.91. The van der Waals surface area contributed by atoms with Crippen molar-refractivity contribution in [1.82, 2.24) is 4.90 Å². The molecule has 5 heteroatoms. The van der Waals surface area contributed by atoms with Crippen molar-refractivity contribution >= 4 is 22.9 Å². The molecule has 1 aromatic carbocycles. The number of nitrogens with zero attached hydrogens (tertiary/aromatic N) is 1. The van der Waals surface area contributed by atoms with Crippen LogP contribution in [0.15, 0.2) is 36.4 Å². The number of carbonyl (C=O) groups is 1. The van der Waals surface area contributed by atoms with E-state index in [4.69, 9.17) is 10.5 Å². The van der Waals surface area contributed by atoms with Crippen molar-refractivity contribution in [2.24, 2.45) is 0 Å². The monoisotopic (exact) mass is 304 g/mol. The summed E-state index contributed by atoms with van der Waals surface area (Å²) in [6, 6.07) is 11.2. The van der Waals surface area contributed by atoms with Crippen molar-refractivity contribution in [2.75, 3.05) is 19.4 Å². The van der Waals surface area contributed by atoms with Gasteiger partial charge in [-0.25, -0.2) is 0 Å². The van der Waals surface area contributed by atoms with E-state index < -0.39 is 0 Å². The van der Waals surface area contributed by atoms with Crippen molar-refractivity contribution in [3.63, 3.8) is 0 Å². The quantitative estimate of drug-likeness (QED) is 0.863. The number of hydrogen-bond acceptors (Lipinski definition) is 4. The van der Waals surface area contributed by atoms with Crippen LogP contribution in [0.1, 0.15) is 22.7 Å². The third kappa shape index (κ3) is 3.98. The van der Waals surface area contributed by atoms with E-state index in [0.717, 1.165) is 0 Å². The third-order valence-electron chi connectivity index (χ3n) is 3.37. The van der Waals surface area contributed by atoms with E-state index in [1.54, 1.807) is 47.5 Å². The number of anilines is 1. The smallest absolute Gasteiger partial charge is 0.260 e. The van der Waals surface area contributed by atoms with Crippen molar-refractivity contribution in [2.45, 2.75) is 19.9 Å². The lowest BCUT2D eigenvalue weighted by atomic mass is 10.2. The normalized spacial score (nSPS) is 12.0. The van der Waals surface area contributed by atoms with Crippen LogP contribution in [0.25, 0.3) is 0 Å². The number of hydrogen-bond donors (Lipinski definition) is 1. The highest BCUT2D eigenvalue weighted by molar-refractivity contribution is 7.12. The number of thiophene rings is 1. The lowest BCUT2D eigenvalue weighted by molar-refractivity contribution is -0.133. The Kier molecular flexibility index (Phi) is 4.85. The van der Waals surface area contributed by atoms with Crippen molar-refractivity contribution < 1.29 is 9.53 Å². The zero-order chi connectivity index (χ0) is 15.4. The molecule has 2 N–H and O–H groups in total. The highest BCUT2D eigenvalue weighted by Gasteiger charge is 2.19. The van der Waals surface area contributed by atoms with E-state index in [1.165, 1.54) is 9.75 Å². The molecule has 2 aromatic rings. The molecule has 0 saturated carbocycles. The van der Waals surface area contributed by atoms with Gasteiger partial charge in [0.25, 0.3) is 5.91 Å². The largest absolute Gasteiger partial charge is 0.484 e. The predicted octanol–water partition coefficient (Wildman–Crippen LogP) is 3.24. The van der Waals surface area contributed by atoms with Gasteiger partial charge in [0.05, 0.1) is 6.04 Å². The number of likely N-dealkylation sites (N-methyl/N-ethyl adjacent to an activating group) is 1. The number of ether oxygens (including phenoxy) is 1. The first-order valence-corrected chi connectivity index (χ1v) is 7.59. The van der Waals surface area contributed by atoms with Crippen LogP contribution in [-0.2, 0) is 4.79 Å². The lowest BCUT2D eigenvalue weighted by Crippen LogP contribution is -2.33. The van der Waals surface area contributed by atoms with Gasteiger partial charge in [0.15, 0.2) is 6.61 Å². The number of nitrogen functional groups attached to an aromatic ring is 1. The Balaban J connectivity index is 1.93. The Bertz CT molecular complexity index is 624. The zero-order valence-corrected chi connectivity index (χ0v) is 13.3. The molecule has 1 aromatic heterocycles. The summed E-state index contributed by atoms with van der Waals surface area (Å²) in [7, 11) is 1.80. The first-order chi connectivity index (χ1) is 9.97. The highest BCUT2D eigenvalue weighted by atomic mass is 32.1. The molecular weight excluding hydrogens is 284 g/mol. The van der Waals surface area contributed by atoms with Gasteiger partial charge in [0.1, 0.15) is 5.75 Å². The summed E-state index contributed by atoms with van der Waals surface area (Å²) in [5.74, 6) is 0.548. The molecule has 0 aliphatic rings. The maximum absolute atomic E-state index is 12.2. The van der Waals surface area contributed by atoms with Crippen LogP contribution < -0.4 is 10.5 Å². The lowest BCUT2D eigenvalue weighted by Gasteiger charge is -2.24. The van der Waals surface area contributed by atoms with Gasteiger partial charge in [-0.15, -0.1) is 11.3 Å². The molecule has 1 heterocycles. The Labute approximate surface area is 129 Å². The van der Waals surface area contributed by atoms with Gasteiger partial charge in [0, 0.05) is 28.6 Å². The van der Waals surface area contributed by atoms with E-state index >= 15 is 0 Å². The minimum atomic E-state index is -0.0593. The fraction of sp³-hybridized carbons (Fsp3) is 0.312. The topological polar surface area (TPSA) is 55.6 Å². The maximum atomic E-state index is 12.2. The van der Waals surface area contributed by atoms with Gasteiger partial charge in [0.2, 0.25) is 0 Å². The van der Waals surface area contributed by atoms with Crippen molar-refractivity contribution in [3.05, 3.63) is 46.2 Å². The molecule has 0 spiro atoms. The molecule has 0 bridgehead atoms. The highest BCUT2D eigenvalue weighted by Crippen LogP contribution is 2.26.